The molecular formula is C20H23N6S+. The number of thiocarbonyl (C=S) groups is 1. The first kappa shape index (κ1) is 18.7. The zero-order chi connectivity index (χ0) is 19.6. The summed E-state index contributed by atoms with van der Waals surface area (Å²) in [7, 11) is 0. The monoisotopic (exact) mass is 379 g/mol. The minimum Gasteiger partial charge on any atom is -0.310 e. The van der Waals surface area contributed by atoms with Crippen LogP contribution in [0.15, 0.2) is 36.4 Å². The first-order chi connectivity index (χ1) is 12.8. The third-order valence-electron chi connectivity index (χ3n) is 4.30. The SMILES string of the molecule is Cc1ccc2nc(NC(N)=[NH+]C(=S)Nc3ccc(C)c(C)c3)nc(C)c2c1. The number of guanidine groups is 1. The van der Waals surface area contributed by atoms with Crippen LogP contribution < -0.4 is 21.4 Å². The summed E-state index contributed by atoms with van der Waals surface area (Å²) in [6.07, 6.45) is 0. The molecule has 1 aromatic heterocycles. The second kappa shape index (κ2) is 7.67. The maximum absolute atomic E-state index is 6.02. The van der Waals surface area contributed by atoms with Crippen LogP contribution in [-0.4, -0.2) is 21.0 Å². The van der Waals surface area contributed by atoms with E-state index in [0.29, 0.717) is 11.1 Å². The van der Waals surface area contributed by atoms with Gasteiger partial charge in [-0.3, -0.25) is 5.32 Å². The van der Waals surface area contributed by atoms with Crippen molar-refractivity contribution in [1.82, 2.24) is 9.97 Å². The number of hydrogen-bond donors (Lipinski definition) is 4. The van der Waals surface area contributed by atoms with Crippen molar-refractivity contribution >= 4 is 45.8 Å². The Labute approximate surface area is 163 Å². The van der Waals surface area contributed by atoms with Gasteiger partial charge in [0, 0.05) is 5.39 Å². The lowest BCUT2D eigenvalue weighted by molar-refractivity contribution is -0.311. The van der Waals surface area contributed by atoms with Gasteiger partial charge in [0.1, 0.15) is 0 Å². The standard InChI is InChI=1S/C20H22N6S/c1-11-5-8-17-16(9-11)14(4)22-19(24-17)25-18(21)26-20(27)23-15-7-6-12(2)13(3)10-15/h5-10H,1-4H3,(H4,21,22,23,24,25,26,27)/p+1. The topological polar surface area (TPSA) is 89.8 Å². The zero-order valence-corrected chi connectivity index (χ0v) is 16.7. The molecule has 0 bridgehead atoms. The average molecular weight is 380 g/mol. The fourth-order valence-electron chi connectivity index (χ4n) is 2.71. The molecule has 0 unspecified atom stereocenters. The molecule has 0 aliphatic heterocycles. The first-order valence-corrected chi connectivity index (χ1v) is 9.02. The number of nitrogens with zero attached hydrogens (tertiary/aromatic N) is 2. The second-order valence-electron chi connectivity index (χ2n) is 6.57. The number of benzene rings is 2. The molecule has 0 atom stereocenters. The number of anilines is 2. The van der Waals surface area contributed by atoms with E-state index >= 15 is 0 Å². The molecular weight excluding hydrogens is 356 g/mol. The smallest absolute Gasteiger partial charge is 0.310 e. The Balaban J connectivity index is 1.74. The summed E-state index contributed by atoms with van der Waals surface area (Å²) in [5, 5.41) is 7.49. The van der Waals surface area contributed by atoms with Crippen LogP contribution in [0.1, 0.15) is 22.4 Å². The Morgan fingerprint density at radius 2 is 1.74 bits per heavy atom. The number of rotatable bonds is 2. The van der Waals surface area contributed by atoms with Crippen LogP contribution in [0.2, 0.25) is 0 Å². The highest BCUT2D eigenvalue weighted by Gasteiger charge is 2.09. The van der Waals surface area contributed by atoms with Crippen molar-refractivity contribution < 1.29 is 4.99 Å². The zero-order valence-electron chi connectivity index (χ0n) is 15.8. The fourth-order valence-corrected chi connectivity index (χ4v) is 2.93. The van der Waals surface area contributed by atoms with Crippen molar-refractivity contribution in [3.8, 4) is 0 Å². The molecule has 0 amide bonds. The van der Waals surface area contributed by atoms with Crippen LogP contribution >= 0.6 is 12.2 Å². The Kier molecular flexibility index (Phi) is 5.32. The van der Waals surface area contributed by atoms with Gasteiger partial charge in [-0.05, 0) is 75.3 Å². The fraction of sp³-hybridized carbons (Fsp3) is 0.200. The summed E-state index contributed by atoms with van der Waals surface area (Å²) in [5.41, 5.74) is 12.3. The summed E-state index contributed by atoms with van der Waals surface area (Å²) in [6.45, 7) is 8.12. The second-order valence-corrected chi connectivity index (χ2v) is 6.98. The minimum absolute atomic E-state index is 0.252. The highest BCUT2D eigenvalue weighted by atomic mass is 32.1. The lowest BCUT2D eigenvalue weighted by Crippen LogP contribution is -2.82. The van der Waals surface area contributed by atoms with Gasteiger partial charge in [-0.15, -0.1) is 0 Å². The van der Waals surface area contributed by atoms with Crippen LogP contribution in [-0.2, 0) is 0 Å². The maximum atomic E-state index is 6.02. The van der Waals surface area contributed by atoms with Crippen molar-refractivity contribution in [3.63, 3.8) is 0 Å². The summed E-state index contributed by atoms with van der Waals surface area (Å²) in [6, 6.07) is 12.1. The molecule has 1 heterocycles. The van der Waals surface area contributed by atoms with Gasteiger partial charge in [0.2, 0.25) is 0 Å². The van der Waals surface area contributed by atoms with Gasteiger partial charge < -0.3 is 5.73 Å². The van der Waals surface area contributed by atoms with Crippen molar-refractivity contribution in [1.29, 1.82) is 0 Å². The molecule has 2 aromatic carbocycles. The molecule has 27 heavy (non-hydrogen) atoms. The summed E-state index contributed by atoms with van der Waals surface area (Å²) < 4.78 is 0. The normalized spacial score (nSPS) is 11.5. The predicted molar refractivity (Wildman–Crippen MR) is 115 cm³/mol. The van der Waals surface area contributed by atoms with Gasteiger partial charge in [-0.25, -0.2) is 20.3 Å². The highest BCUT2D eigenvalue weighted by Crippen LogP contribution is 2.18. The number of fused-ring (bicyclic) bond motifs is 1. The molecule has 0 aliphatic rings. The van der Waals surface area contributed by atoms with Crippen molar-refractivity contribution in [3.05, 3.63) is 58.8 Å². The van der Waals surface area contributed by atoms with E-state index < -0.39 is 0 Å². The number of aromatic nitrogens is 2. The Morgan fingerprint density at radius 3 is 2.48 bits per heavy atom. The Morgan fingerprint density at radius 1 is 0.963 bits per heavy atom. The minimum atomic E-state index is 0.252. The number of nitrogens with two attached hydrogens (primary N) is 1. The lowest BCUT2D eigenvalue weighted by Gasteiger charge is -2.07. The van der Waals surface area contributed by atoms with E-state index in [1.807, 2.05) is 44.2 Å². The van der Waals surface area contributed by atoms with Crippen LogP contribution in [0.4, 0.5) is 11.6 Å². The molecule has 3 rings (SSSR count). The molecule has 0 saturated heterocycles. The lowest BCUT2D eigenvalue weighted by atomic mass is 10.1. The average Bonchev–Trinajstić information content (AvgIpc) is 2.58. The van der Waals surface area contributed by atoms with Crippen molar-refractivity contribution in [2.45, 2.75) is 27.7 Å². The van der Waals surface area contributed by atoms with Crippen LogP contribution in [0.5, 0.6) is 0 Å². The summed E-state index contributed by atoms with van der Waals surface area (Å²) in [5.74, 6) is 0.671. The Bertz CT molecular complexity index is 1060. The van der Waals surface area contributed by atoms with Gasteiger partial charge in [0.25, 0.3) is 11.1 Å². The summed E-state index contributed by atoms with van der Waals surface area (Å²) in [4.78, 5) is 11.9. The number of nitrogens with one attached hydrogen (secondary N) is 3. The van der Waals surface area contributed by atoms with Crippen molar-refractivity contribution in [2.75, 3.05) is 10.6 Å². The molecule has 5 N–H and O–H groups in total. The van der Waals surface area contributed by atoms with E-state index in [9.17, 15) is 0 Å². The van der Waals surface area contributed by atoms with Gasteiger partial charge in [0.15, 0.2) is 0 Å². The molecule has 0 saturated carbocycles. The molecule has 0 fully saturated rings. The van der Waals surface area contributed by atoms with E-state index in [-0.39, 0.29) is 5.96 Å². The first-order valence-electron chi connectivity index (χ1n) is 8.61. The molecule has 0 aliphatic carbocycles. The van der Waals surface area contributed by atoms with E-state index in [0.717, 1.165) is 22.3 Å². The van der Waals surface area contributed by atoms with E-state index in [2.05, 4.69) is 45.5 Å². The molecule has 0 radical (unpaired) electrons. The van der Waals surface area contributed by atoms with Gasteiger partial charge >= 0.3 is 5.96 Å². The molecule has 138 valence electrons. The van der Waals surface area contributed by atoms with Gasteiger partial charge in [-0.2, -0.15) is 0 Å². The number of aryl methyl sites for hydroxylation is 4. The molecule has 6 nitrogen and oxygen atoms in total. The van der Waals surface area contributed by atoms with Crippen molar-refractivity contribution in [2.24, 2.45) is 5.73 Å². The van der Waals surface area contributed by atoms with Gasteiger partial charge in [-0.1, -0.05) is 17.7 Å². The number of hydrogen-bond acceptors (Lipinski definition) is 3. The van der Waals surface area contributed by atoms with E-state index in [1.54, 1.807) is 0 Å². The summed E-state index contributed by atoms with van der Waals surface area (Å²) >= 11 is 5.32. The van der Waals surface area contributed by atoms with Crippen LogP contribution in [0.3, 0.4) is 0 Å². The highest BCUT2D eigenvalue weighted by molar-refractivity contribution is 7.80. The maximum Gasteiger partial charge on any atom is 0.312 e. The quantitative estimate of drug-likeness (QED) is 0.310. The third-order valence-corrected chi connectivity index (χ3v) is 4.51. The third kappa shape index (κ3) is 4.57. The molecule has 7 heteroatoms. The van der Waals surface area contributed by atoms with E-state index in [4.69, 9.17) is 18.0 Å². The van der Waals surface area contributed by atoms with Crippen LogP contribution in [0, 0.1) is 27.7 Å². The molecule has 0 spiro atoms. The van der Waals surface area contributed by atoms with Crippen LogP contribution in [0.25, 0.3) is 10.9 Å². The van der Waals surface area contributed by atoms with Gasteiger partial charge in [0.05, 0.1) is 16.9 Å². The predicted octanol–water partition coefficient (Wildman–Crippen LogP) is 2.07. The molecule has 3 aromatic rings. The largest absolute Gasteiger partial charge is 0.312 e. The Hall–Kier alpha value is -3.06. The van der Waals surface area contributed by atoms with E-state index in [1.165, 1.54) is 16.7 Å².